The molecule has 0 saturated carbocycles. The van der Waals surface area contributed by atoms with Gasteiger partial charge < -0.3 is 23.8 Å². The fraction of sp³-hybridized carbons (Fsp3) is 0.923. The van der Waals surface area contributed by atoms with Crippen LogP contribution < -0.4 is 0 Å². The number of carbonyl (C=O) groups is 4. The molecule has 0 aromatic heterocycles. The van der Waals surface area contributed by atoms with Crippen molar-refractivity contribution in [3.8, 4) is 0 Å². The minimum Gasteiger partial charge on any atom is -0.466 e. The highest BCUT2D eigenvalue weighted by Gasteiger charge is 2.39. The molecular weight excluding hydrogens is 781 g/mol. The lowest BCUT2D eigenvalue weighted by atomic mass is 10.0. The summed E-state index contributed by atoms with van der Waals surface area (Å²) in [5, 5.41) is 0. The van der Waals surface area contributed by atoms with Crippen LogP contribution in [0.2, 0.25) is 0 Å². The zero-order valence-electron chi connectivity index (χ0n) is 41.2. The van der Waals surface area contributed by atoms with Crippen LogP contribution in [0.3, 0.4) is 0 Å². The van der Waals surface area contributed by atoms with Crippen LogP contribution in [0.4, 0.5) is 0 Å². The lowest BCUT2D eigenvalue weighted by Crippen LogP contribution is -2.38. The van der Waals surface area contributed by atoms with E-state index in [-0.39, 0.29) is 36.1 Å². The maximum absolute atomic E-state index is 13.3. The average Bonchev–Trinajstić information content (AvgIpc) is 3.65. The Balaban J connectivity index is 2.38. The maximum Gasteiger partial charge on any atom is 0.323 e. The summed E-state index contributed by atoms with van der Waals surface area (Å²) in [6.07, 6.45) is 36.4. The van der Waals surface area contributed by atoms with Gasteiger partial charge in [-0.15, -0.1) is 0 Å². The van der Waals surface area contributed by atoms with Gasteiger partial charge in [-0.05, 0) is 78.4 Å². The predicted octanol–water partition coefficient (Wildman–Crippen LogP) is 12.9. The second kappa shape index (κ2) is 41.5. The van der Waals surface area contributed by atoms with Crippen molar-refractivity contribution in [2.75, 3.05) is 46.9 Å². The van der Waals surface area contributed by atoms with Gasteiger partial charge in [-0.2, -0.15) is 0 Å². The minimum atomic E-state index is -0.445. The Hall–Kier alpha value is -2.20. The van der Waals surface area contributed by atoms with E-state index in [1.54, 1.807) is 0 Å². The SMILES string of the molecule is CCCCCCCCCCCOC(=O)CCCCCN1C[C@H](OC(=O)CCN(C)C)C[C@H]1C(=O)OCCCCCCCC(=O)OC(CCCCCCCC)CCCCCCCC. The molecule has 0 N–H and O–H groups in total. The molecule has 1 rings (SSSR count). The van der Waals surface area contributed by atoms with E-state index in [1.807, 2.05) is 19.0 Å². The monoisotopic (exact) mass is 879 g/mol. The van der Waals surface area contributed by atoms with Crippen LogP contribution >= 0.6 is 0 Å². The van der Waals surface area contributed by atoms with Crippen molar-refractivity contribution in [1.82, 2.24) is 9.80 Å². The molecule has 0 radical (unpaired) electrons. The van der Waals surface area contributed by atoms with Crippen LogP contribution in [0, 0.1) is 0 Å². The van der Waals surface area contributed by atoms with E-state index in [4.69, 9.17) is 18.9 Å². The molecule has 0 bridgehead atoms. The number of likely N-dealkylation sites (tertiary alicyclic amines) is 1. The standard InChI is InChI=1S/C52H98N2O8/c1-6-9-12-15-18-19-20-25-33-42-59-49(55)37-31-27-32-40-54-45-47(62-51(57)39-41-53(4)5)44-48(54)52(58)60-43-34-26-21-24-30-38-50(56)61-46(35-28-22-16-13-10-7-2)36-29-23-17-14-11-8-3/h46-48H,6-45H2,1-5H3/t47-,48+/m1/s1. The summed E-state index contributed by atoms with van der Waals surface area (Å²) in [5.74, 6) is -0.671. The molecule has 0 unspecified atom stereocenters. The molecule has 1 heterocycles. The topological polar surface area (TPSA) is 112 Å². The minimum absolute atomic E-state index is 0.0502. The highest BCUT2D eigenvalue weighted by Crippen LogP contribution is 2.24. The quantitative estimate of drug-likeness (QED) is 0.0333. The Bertz CT molecular complexity index is 1070. The second-order valence-electron chi connectivity index (χ2n) is 18.7. The Morgan fingerprint density at radius 2 is 0.968 bits per heavy atom. The Morgan fingerprint density at radius 1 is 0.516 bits per heavy atom. The van der Waals surface area contributed by atoms with Crippen molar-refractivity contribution in [3.05, 3.63) is 0 Å². The van der Waals surface area contributed by atoms with Crippen LogP contribution in [-0.4, -0.2) is 98.9 Å². The molecule has 0 aromatic rings. The van der Waals surface area contributed by atoms with E-state index in [9.17, 15) is 19.2 Å². The van der Waals surface area contributed by atoms with E-state index in [2.05, 4.69) is 25.7 Å². The van der Waals surface area contributed by atoms with Gasteiger partial charge in [-0.3, -0.25) is 24.1 Å². The van der Waals surface area contributed by atoms with Gasteiger partial charge in [0.1, 0.15) is 18.2 Å². The summed E-state index contributed by atoms with van der Waals surface area (Å²) in [6, 6.07) is -0.445. The van der Waals surface area contributed by atoms with Gasteiger partial charge in [0.25, 0.3) is 0 Å². The molecule has 1 saturated heterocycles. The van der Waals surface area contributed by atoms with Gasteiger partial charge in [0.2, 0.25) is 0 Å². The van der Waals surface area contributed by atoms with Crippen molar-refractivity contribution in [3.63, 3.8) is 0 Å². The molecule has 10 nitrogen and oxygen atoms in total. The van der Waals surface area contributed by atoms with E-state index >= 15 is 0 Å². The fourth-order valence-corrected chi connectivity index (χ4v) is 8.41. The number of rotatable bonds is 44. The van der Waals surface area contributed by atoms with Gasteiger partial charge in [-0.1, -0.05) is 162 Å². The van der Waals surface area contributed by atoms with E-state index in [0.717, 1.165) is 89.9 Å². The third-order valence-corrected chi connectivity index (χ3v) is 12.4. The number of hydrogen-bond acceptors (Lipinski definition) is 10. The molecule has 1 fully saturated rings. The lowest BCUT2D eigenvalue weighted by molar-refractivity contribution is -0.151. The first-order chi connectivity index (χ1) is 30.2. The van der Waals surface area contributed by atoms with Crippen molar-refractivity contribution < 1.29 is 38.1 Å². The van der Waals surface area contributed by atoms with Crippen LogP contribution in [0.1, 0.15) is 245 Å². The van der Waals surface area contributed by atoms with E-state index in [1.165, 1.54) is 109 Å². The highest BCUT2D eigenvalue weighted by atomic mass is 16.6. The second-order valence-corrected chi connectivity index (χ2v) is 18.7. The zero-order chi connectivity index (χ0) is 45.3. The van der Waals surface area contributed by atoms with Crippen molar-refractivity contribution in [1.29, 1.82) is 0 Å². The molecule has 62 heavy (non-hydrogen) atoms. The molecule has 0 spiro atoms. The Labute approximate surface area is 381 Å². The summed E-state index contributed by atoms with van der Waals surface area (Å²) >= 11 is 0. The Morgan fingerprint density at radius 3 is 1.50 bits per heavy atom. The van der Waals surface area contributed by atoms with Crippen molar-refractivity contribution >= 4 is 23.9 Å². The predicted molar refractivity (Wildman–Crippen MR) is 254 cm³/mol. The maximum atomic E-state index is 13.3. The first-order valence-corrected chi connectivity index (χ1v) is 26.3. The first-order valence-electron chi connectivity index (χ1n) is 26.3. The van der Waals surface area contributed by atoms with E-state index < -0.39 is 6.04 Å². The summed E-state index contributed by atoms with van der Waals surface area (Å²) in [7, 11) is 3.85. The largest absolute Gasteiger partial charge is 0.466 e. The van der Waals surface area contributed by atoms with Crippen LogP contribution in [-0.2, 0) is 38.1 Å². The van der Waals surface area contributed by atoms with Gasteiger partial charge in [-0.25, -0.2) is 0 Å². The number of ether oxygens (including phenoxy) is 4. The number of carbonyl (C=O) groups excluding carboxylic acids is 4. The summed E-state index contributed by atoms with van der Waals surface area (Å²) in [4.78, 5) is 55.0. The normalized spacial score (nSPS) is 15.4. The number of esters is 4. The molecule has 10 heteroatoms. The van der Waals surface area contributed by atoms with Gasteiger partial charge in [0, 0.05) is 32.4 Å². The Kier molecular flexibility index (Phi) is 38.7. The summed E-state index contributed by atoms with van der Waals surface area (Å²) < 4.78 is 23.1. The third-order valence-electron chi connectivity index (χ3n) is 12.4. The van der Waals surface area contributed by atoms with Crippen LogP contribution in [0.15, 0.2) is 0 Å². The molecule has 364 valence electrons. The molecule has 1 aliphatic heterocycles. The molecule has 0 aromatic carbocycles. The fourth-order valence-electron chi connectivity index (χ4n) is 8.41. The molecular formula is C52H98N2O8. The number of nitrogens with zero attached hydrogens (tertiary/aromatic N) is 2. The molecule has 1 aliphatic rings. The van der Waals surface area contributed by atoms with Gasteiger partial charge in [0.15, 0.2) is 0 Å². The van der Waals surface area contributed by atoms with Crippen LogP contribution in [0.5, 0.6) is 0 Å². The highest BCUT2D eigenvalue weighted by molar-refractivity contribution is 5.76. The molecule has 2 atom stereocenters. The number of unbranched alkanes of at least 4 members (excludes halogenated alkanes) is 24. The van der Waals surface area contributed by atoms with Crippen molar-refractivity contribution in [2.45, 2.75) is 264 Å². The summed E-state index contributed by atoms with van der Waals surface area (Å²) in [5.41, 5.74) is 0. The third kappa shape index (κ3) is 34.2. The number of hydrogen-bond donors (Lipinski definition) is 0. The zero-order valence-corrected chi connectivity index (χ0v) is 41.2. The van der Waals surface area contributed by atoms with E-state index in [0.29, 0.717) is 58.5 Å². The van der Waals surface area contributed by atoms with Crippen molar-refractivity contribution in [2.24, 2.45) is 0 Å². The average molecular weight is 879 g/mol. The van der Waals surface area contributed by atoms with Gasteiger partial charge >= 0.3 is 23.9 Å². The van der Waals surface area contributed by atoms with Crippen LogP contribution in [0.25, 0.3) is 0 Å². The molecule has 0 amide bonds. The molecule has 0 aliphatic carbocycles. The first kappa shape index (κ1) is 57.8. The lowest BCUT2D eigenvalue weighted by Gasteiger charge is -2.22. The van der Waals surface area contributed by atoms with Gasteiger partial charge in [0.05, 0.1) is 19.6 Å². The summed E-state index contributed by atoms with van der Waals surface area (Å²) in [6.45, 7) is 9.41. The smallest absolute Gasteiger partial charge is 0.323 e.